The summed E-state index contributed by atoms with van der Waals surface area (Å²) in [7, 11) is 0. The summed E-state index contributed by atoms with van der Waals surface area (Å²) in [5, 5.41) is 0. The average Bonchev–Trinajstić information content (AvgIpc) is 2.29. The predicted molar refractivity (Wildman–Crippen MR) is 64.4 cm³/mol. The number of hydrogen-bond donors (Lipinski definition) is 1. The number of nitrogens with two attached hydrogens (primary N) is 1. The molecule has 1 saturated heterocycles. The van der Waals surface area contributed by atoms with Crippen molar-refractivity contribution in [3.63, 3.8) is 0 Å². The average molecular weight is 234 g/mol. The Balaban J connectivity index is 1.93. The Morgan fingerprint density at radius 3 is 2.82 bits per heavy atom. The number of carbonyl (C=O) groups excluding carboxylic acids is 1. The van der Waals surface area contributed by atoms with Crippen LogP contribution >= 0.6 is 0 Å². The smallest absolute Gasteiger partial charge is 0.231 e. The number of aryl methyl sites for hydroxylation is 1. The number of amides is 1. The molecule has 1 aliphatic rings. The molecule has 17 heavy (non-hydrogen) atoms. The molecule has 92 valence electrons. The minimum absolute atomic E-state index is 0.249. The number of primary amides is 1. The van der Waals surface area contributed by atoms with Crippen LogP contribution in [0.1, 0.15) is 30.3 Å². The maximum Gasteiger partial charge on any atom is 0.231 e. The maximum absolute atomic E-state index is 10.8. The number of hydrogen-bond acceptors (Lipinski definition) is 4. The molecule has 0 spiro atoms. The Morgan fingerprint density at radius 1 is 1.53 bits per heavy atom. The van der Waals surface area contributed by atoms with Gasteiger partial charge in [-0.05, 0) is 38.9 Å². The minimum atomic E-state index is -0.249. The molecule has 0 bridgehead atoms. The Morgan fingerprint density at radius 2 is 2.24 bits per heavy atom. The quantitative estimate of drug-likeness (QED) is 0.824. The lowest BCUT2D eigenvalue weighted by Crippen LogP contribution is -2.39. The van der Waals surface area contributed by atoms with Crippen LogP contribution in [0.5, 0.6) is 0 Å². The molecule has 0 radical (unpaired) electrons. The third-order valence-electron chi connectivity index (χ3n) is 3.18. The molecule has 0 atom stereocenters. The van der Waals surface area contributed by atoms with Gasteiger partial charge in [0, 0.05) is 17.8 Å². The number of likely N-dealkylation sites (tertiary alicyclic amines) is 1. The largest absolute Gasteiger partial charge is 0.369 e. The second-order valence-electron chi connectivity index (χ2n) is 4.55. The van der Waals surface area contributed by atoms with Gasteiger partial charge in [0.15, 0.2) is 0 Å². The van der Waals surface area contributed by atoms with E-state index in [0.29, 0.717) is 12.5 Å². The Kier molecular flexibility index (Phi) is 3.68. The molecule has 0 aromatic carbocycles. The lowest BCUT2D eigenvalue weighted by Gasteiger charge is -2.30. The molecule has 1 aliphatic heterocycles. The molecule has 0 saturated carbocycles. The van der Waals surface area contributed by atoms with Gasteiger partial charge in [-0.15, -0.1) is 0 Å². The van der Waals surface area contributed by atoms with Crippen LogP contribution in [0.4, 0.5) is 0 Å². The number of aromatic nitrogens is 2. The summed E-state index contributed by atoms with van der Waals surface area (Å²) in [6.45, 7) is 4.11. The van der Waals surface area contributed by atoms with Crippen LogP contribution in [0.3, 0.4) is 0 Å². The van der Waals surface area contributed by atoms with Gasteiger partial charge in [-0.1, -0.05) is 0 Å². The van der Waals surface area contributed by atoms with E-state index in [1.165, 1.54) is 0 Å². The van der Waals surface area contributed by atoms with E-state index in [1.807, 2.05) is 19.2 Å². The van der Waals surface area contributed by atoms with Crippen molar-refractivity contribution >= 4 is 5.91 Å². The lowest BCUT2D eigenvalue weighted by atomic mass is 9.93. The summed E-state index contributed by atoms with van der Waals surface area (Å²) in [5.41, 5.74) is 6.31. The number of carbonyl (C=O) groups is 1. The fourth-order valence-corrected chi connectivity index (χ4v) is 2.31. The highest BCUT2D eigenvalue weighted by Crippen LogP contribution is 2.26. The molecule has 2 rings (SSSR count). The number of piperidine rings is 1. The molecule has 2 N–H and O–H groups in total. The van der Waals surface area contributed by atoms with Crippen molar-refractivity contribution in [1.29, 1.82) is 0 Å². The number of rotatable bonds is 3. The standard InChI is InChI=1S/C12H18N4O/c1-9-14-5-2-11(15-9)10-3-6-16(7-4-10)8-12(13)17/h2,5,10H,3-4,6-8H2,1H3,(H2,13,17). The molecular formula is C12H18N4O. The van der Waals surface area contributed by atoms with Crippen LogP contribution < -0.4 is 5.73 Å². The molecule has 1 aromatic rings. The van der Waals surface area contributed by atoms with Gasteiger partial charge in [-0.25, -0.2) is 9.97 Å². The van der Waals surface area contributed by atoms with Crippen LogP contribution in [0.15, 0.2) is 12.3 Å². The van der Waals surface area contributed by atoms with Gasteiger partial charge in [-0.2, -0.15) is 0 Å². The summed E-state index contributed by atoms with van der Waals surface area (Å²) in [4.78, 5) is 21.5. The molecule has 1 fully saturated rings. The SMILES string of the molecule is Cc1nccc(C2CCN(CC(N)=O)CC2)n1. The van der Waals surface area contributed by atoms with Crippen molar-refractivity contribution in [2.75, 3.05) is 19.6 Å². The Labute approximate surface area is 101 Å². The predicted octanol–water partition coefficient (Wildman–Crippen LogP) is 0.450. The summed E-state index contributed by atoms with van der Waals surface area (Å²) in [5.74, 6) is 1.06. The van der Waals surface area contributed by atoms with E-state index in [1.54, 1.807) is 0 Å². The van der Waals surface area contributed by atoms with Crippen LogP contribution in [-0.4, -0.2) is 40.4 Å². The summed E-state index contributed by atoms with van der Waals surface area (Å²) in [6.07, 6.45) is 3.88. The van der Waals surface area contributed by atoms with Crippen LogP contribution in [0, 0.1) is 6.92 Å². The molecule has 2 heterocycles. The first-order valence-corrected chi connectivity index (χ1v) is 5.95. The highest BCUT2D eigenvalue weighted by atomic mass is 16.1. The van der Waals surface area contributed by atoms with Crippen molar-refractivity contribution in [3.8, 4) is 0 Å². The van der Waals surface area contributed by atoms with Gasteiger partial charge < -0.3 is 5.73 Å². The van der Waals surface area contributed by atoms with Crippen LogP contribution in [-0.2, 0) is 4.79 Å². The Hall–Kier alpha value is -1.49. The summed E-state index contributed by atoms with van der Waals surface area (Å²) < 4.78 is 0. The fourth-order valence-electron chi connectivity index (χ4n) is 2.31. The Bertz CT molecular complexity index is 399. The van der Waals surface area contributed by atoms with E-state index in [2.05, 4.69) is 14.9 Å². The lowest BCUT2D eigenvalue weighted by molar-refractivity contribution is -0.119. The molecule has 0 unspecified atom stereocenters. The van der Waals surface area contributed by atoms with Crippen LogP contribution in [0.2, 0.25) is 0 Å². The summed E-state index contributed by atoms with van der Waals surface area (Å²) >= 11 is 0. The first-order chi connectivity index (χ1) is 8.15. The first-order valence-electron chi connectivity index (χ1n) is 5.95. The fraction of sp³-hybridized carbons (Fsp3) is 0.583. The van der Waals surface area contributed by atoms with Gasteiger partial charge in [0.25, 0.3) is 0 Å². The van der Waals surface area contributed by atoms with E-state index in [0.717, 1.165) is 37.4 Å². The molecule has 0 aliphatic carbocycles. The molecule has 5 nitrogen and oxygen atoms in total. The van der Waals surface area contributed by atoms with E-state index < -0.39 is 0 Å². The highest BCUT2D eigenvalue weighted by molar-refractivity contribution is 5.75. The van der Waals surface area contributed by atoms with Crippen molar-refractivity contribution in [2.45, 2.75) is 25.7 Å². The van der Waals surface area contributed by atoms with E-state index in [4.69, 9.17) is 5.73 Å². The highest BCUT2D eigenvalue weighted by Gasteiger charge is 2.22. The second-order valence-corrected chi connectivity index (χ2v) is 4.55. The molecule has 1 aromatic heterocycles. The van der Waals surface area contributed by atoms with Crippen molar-refractivity contribution in [1.82, 2.24) is 14.9 Å². The zero-order chi connectivity index (χ0) is 12.3. The zero-order valence-electron chi connectivity index (χ0n) is 10.1. The van der Waals surface area contributed by atoms with E-state index >= 15 is 0 Å². The molecular weight excluding hydrogens is 216 g/mol. The maximum atomic E-state index is 10.8. The molecule has 5 heteroatoms. The van der Waals surface area contributed by atoms with E-state index in [-0.39, 0.29) is 5.91 Å². The third-order valence-corrected chi connectivity index (χ3v) is 3.18. The van der Waals surface area contributed by atoms with Crippen molar-refractivity contribution in [2.24, 2.45) is 5.73 Å². The van der Waals surface area contributed by atoms with Crippen LogP contribution in [0.25, 0.3) is 0 Å². The normalized spacial score (nSPS) is 18.2. The topological polar surface area (TPSA) is 72.1 Å². The van der Waals surface area contributed by atoms with Crippen molar-refractivity contribution < 1.29 is 4.79 Å². The van der Waals surface area contributed by atoms with Gasteiger partial charge in [0.1, 0.15) is 5.82 Å². The number of nitrogens with zero attached hydrogens (tertiary/aromatic N) is 3. The first kappa shape index (κ1) is 12.0. The zero-order valence-corrected chi connectivity index (χ0v) is 10.1. The van der Waals surface area contributed by atoms with Crippen molar-refractivity contribution in [3.05, 3.63) is 23.8 Å². The second kappa shape index (κ2) is 5.23. The van der Waals surface area contributed by atoms with E-state index in [9.17, 15) is 4.79 Å². The van der Waals surface area contributed by atoms with Gasteiger partial charge >= 0.3 is 0 Å². The van der Waals surface area contributed by atoms with Gasteiger partial charge in [0.2, 0.25) is 5.91 Å². The minimum Gasteiger partial charge on any atom is -0.369 e. The molecule has 1 amide bonds. The monoisotopic (exact) mass is 234 g/mol. The van der Waals surface area contributed by atoms with Gasteiger partial charge in [-0.3, -0.25) is 9.69 Å². The summed E-state index contributed by atoms with van der Waals surface area (Å²) in [6, 6.07) is 1.99. The van der Waals surface area contributed by atoms with Gasteiger partial charge in [0.05, 0.1) is 6.54 Å². The third kappa shape index (κ3) is 3.23.